The highest BCUT2D eigenvalue weighted by molar-refractivity contribution is 5.93. The Bertz CT molecular complexity index is 1250. The first-order chi connectivity index (χ1) is 15.6. The van der Waals surface area contributed by atoms with Crippen molar-refractivity contribution in [3.05, 3.63) is 40.8 Å². The molecule has 0 saturated carbocycles. The van der Waals surface area contributed by atoms with E-state index in [-0.39, 0.29) is 16.9 Å². The smallest absolute Gasteiger partial charge is 0.229 e. The van der Waals surface area contributed by atoms with Gasteiger partial charge in [0.1, 0.15) is 53.3 Å². The zero-order valence-electron chi connectivity index (χ0n) is 16.7. The number of benzene rings is 2. The van der Waals surface area contributed by atoms with Crippen molar-refractivity contribution >= 4 is 11.0 Å². The molecule has 33 heavy (non-hydrogen) atoms. The number of aliphatic hydroxyl groups is 4. The van der Waals surface area contributed by atoms with Crippen LogP contribution in [-0.4, -0.2) is 78.2 Å². The zero-order chi connectivity index (χ0) is 24.0. The lowest BCUT2D eigenvalue weighted by Gasteiger charge is -2.39. The quantitative estimate of drug-likeness (QED) is 0.245. The van der Waals surface area contributed by atoms with E-state index in [1.54, 1.807) is 0 Å². The number of phenols is 4. The number of hydrogen-bond acceptors (Lipinski definition) is 12. The van der Waals surface area contributed by atoms with Gasteiger partial charge >= 0.3 is 0 Å². The third kappa shape index (κ3) is 3.79. The van der Waals surface area contributed by atoms with Crippen molar-refractivity contribution in [3.8, 4) is 39.9 Å². The summed E-state index contributed by atoms with van der Waals surface area (Å²) in [6.07, 6.45) is -7.29. The highest BCUT2D eigenvalue weighted by Gasteiger charge is 2.45. The molecule has 12 nitrogen and oxygen atoms in total. The Kier molecular flexibility index (Phi) is 5.78. The van der Waals surface area contributed by atoms with Gasteiger partial charge in [-0.2, -0.15) is 0 Å². The molecule has 0 spiro atoms. The summed E-state index contributed by atoms with van der Waals surface area (Å²) in [5.74, 6) is -2.61. The number of hydrogen-bond donors (Lipinski definition) is 8. The molecule has 1 fully saturated rings. The molecular weight excluding hydrogens is 444 g/mol. The van der Waals surface area contributed by atoms with Gasteiger partial charge in [-0.1, -0.05) is 0 Å². The summed E-state index contributed by atoms with van der Waals surface area (Å²) in [4.78, 5) is 13.1. The molecule has 1 aromatic heterocycles. The molecule has 12 heteroatoms. The average molecular weight is 464 g/mol. The van der Waals surface area contributed by atoms with E-state index < -0.39 is 76.7 Å². The van der Waals surface area contributed by atoms with Crippen LogP contribution in [0.4, 0.5) is 0 Å². The fourth-order valence-corrected chi connectivity index (χ4v) is 3.58. The lowest BCUT2D eigenvalue weighted by Crippen LogP contribution is -2.60. The van der Waals surface area contributed by atoms with Crippen molar-refractivity contribution in [2.75, 3.05) is 6.61 Å². The Morgan fingerprint density at radius 3 is 2.27 bits per heavy atom. The third-order valence-corrected chi connectivity index (χ3v) is 5.32. The first-order valence-corrected chi connectivity index (χ1v) is 9.64. The largest absolute Gasteiger partial charge is 0.508 e. The Morgan fingerprint density at radius 1 is 0.879 bits per heavy atom. The second-order valence-corrected chi connectivity index (χ2v) is 7.44. The van der Waals surface area contributed by atoms with Crippen LogP contribution in [0, 0.1) is 0 Å². The van der Waals surface area contributed by atoms with E-state index in [1.807, 2.05) is 0 Å². The van der Waals surface area contributed by atoms with Gasteiger partial charge < -0.3 is 54.7 Å². The van der Waals surface area contributed by atoms with Gasteiger partial charge in [-0.15, -0.1) is 0 Å². The standard InChI is InChI=1S/C21H20O12/c22-5-13-16(28)17(29)18(30)21(32-13)33-19-12(26)4-11(25)14-15(27)9(6-31-20(14)19)8-2-1-7(23)3-10(8)24/h1-4,6,13,16-18,21-26,28-30H,5H2/t13-,16-,17+,18-,21+/m0/s1. The molecule has 1 saturated heterocycles. The van der Waals surface area contributed by atoms with Crippen LogP contribution in [0.25, 0.3) is 22.1 Å². The van der Waals surface area contributed by atoms with Crippen molar-refractivity contribution in [2.45, 2.75) is 30.7 Å². The molecule has 4 rings (SSSR count). The number of aromatic hydroxyl groups is 4. The normalized spacial score (nSPS) is 25.3. The highest BCUT2D eigenvalue weighted by Crippen LogP contribution is 2.42. The summed E-state index contributed by atoms with van der Waals surface area (Å²) in [6.45, 7) is -0.721. The van der Waals surface area contributed by atoms with Gasteiger partial charge in [0, 0.05) is 17.7 Å². The molecule has 1 aliphatic rings. The summed E-state index contributed by atoms with van der Waals surface area (Å²) in [5.41, 5.74) is -1.46. The van der Waals surface area contributed by atoms with Crippen molar-refractivity contribution < 1.29 is 54.7 Å². The minimum atomic E-state index is -1.81. The maximum atomic E-state index is 13.1. The third-order valence-electron chi connectivity index (χ3n) is 5.32. The summed E-state index contributed by atoms with van der Waals surface area (Å²) in [5, 5.41) is 79.0. The highest BCUT2D eigenvalue weighted by atomic mass is 16.7. The molecule has 8 N–H and O–H groups in total. The predicted octanol–water partition coefficient (Wildman–Crippen LogP) is -0.539. The number of ether oxygens (including phenoxy) is 2. The van der Waals surface area contributed by atoms with Crippen LogP contribution >= 0.6 is 0 Å². The maximum Gasteiger partial charge on any atom is 0.229 e. The van der Waals surface area contributed by atoms with Crippen molar-refractivity contribution in [1.29, 1.82) is 0 Å². The molecule has 0 amide bonds. The van der Waals surface area contributed by atoms with Gasteiger partial charge in [-0.25, -0.2) is 0 Å². The minimum Gasteiger partial charge on any atom is -0.508 e. The van der Waals surface area contributed by atoms with Gasteiger partial charge in [0.25, 0.3) is 0 Å². The van der Waals surface area contributed by atoms with Gasteiger partial charge in [-0.3, -0.25) is 4.79 Å². The van der Waals surface area contributed by atoms with Gasteiger partial charge in [-0.05, 0) is 12.1 Å². The van der Waals surface area contributed by atoms with Crippen LogP contribution in [0.5, 0.6) is 28.7 Å². The van der Waals surface area contributed by atoms with E-state index >= 15 is 0 Å². The second-order valence-electron chi connectivity index (χ2n) is 7.44. The van der Waals surface area contributed by atoms with Crippen LogP contribution in [0.3, 0.4) is 0 Å². The van der Waals surface area contributed by atoms with Gasteiger partial charge in [0.15, 0.2) is 11.3 Å². The fraction of sp³-hybridized carbons (Fsp3) is 0.286. The van der Waals surface area contributed by atoms with Crippen LogP contribution in [0.15, 0.2) is 39.7 Å². The molecule has 0 bridgehead atoms. The number of rotatable bonds is 4. The minimum absolute atomic E-state index is 0.00710. The lowest BCUT2D eigenvalue weighted by atomic mass is 9.99. The van der Waals surface area contributed by atoms with E-state index in [0.717, 1.165) is 18.4 Å². The summed E-state index contributed by atoms with van der Waals surface area (Å²) >= 11 is 0. The predicted molar refractivity (Wildman–Crippen MR) is 109 cm³/mol. The first-order valence-electron chi connectivity index (χ1n) is 9.64. The van der Waals surface area contributed by atoms with Crippen molar-refractivity contribution in [3.63, 3.8) is 0 Å². The zero-order valence-corrected chi connectivity index (χ0v) is 16.7. The Morgan fingerprint density at radius 2 is 1.61 bits per heavy atom. The average Bonchev–Trinajstić information content (AvgIpc) is 2.76. The van der Waals surface area contributed by atoms with Crippen molar-refractivity contribution in [2.24, 2.45) is 0 Å². The van der Waals surface area contributed by atoms with E-state index in [2.05, 4.69) is 0 Å². The van der Waals surface area contributed by atoms with Crippen LogP contribution in [0.1, 0.15) is 0 Å². The molecule has 176 valence electrons. The Hall–Kier alpha value is -3.55. The number of fused-ring (bicyclic) bond motifs is 1. The molecule has 1 aliphatic heterocycles. The Labute approximate surface area is 184 Å². The summed E-state index contributed by atoms with van der Waals surface area (Å²) < 4.78 is 16.1. The molecule has 5 atom stereocenters. The van der Waals surface area contributed by atoms with Gasteiger partial charge in [0.05, 0.1) is 12.2 Å². The summed E-state index contributed by atoms with van der Waals surface area (Å²) in [7, 11) is 0. The van der Waals surface area contributed by atoms with Crippen LogP contribution in [0.2, 0.25) is 0 Å². The topological polar surface area (TPSA) is 211 Å². The second kappa shape index (κ2) is 8.42. The fourth-order valence-electron chi connectivity index (χ4n) is 3.58. The first kappa shape index (κ1) is 22.6. The molecule has 0 aliphatic carbocycles. The van der Waals surface area contributed by atoms with E-state index in [4.69, 9.17) is 13.9 Å². The van der Waals surface area contributed by atoms with Crippen LogP contribution < -0.4 is 10.2 Å². The molecule has 0 radical (unpaired) electrons. The molecule has 0 unspecified atom stereocenters. The van der Waals surface area contributed by atoms with Gasteiger partial charge in [0.2, 0.25) is 17.5 Å². The Balaban J connectivity index is 1.82. The van der Waals surface area contributed by atoms with Crippen LogP contribution in [-0.2, 0) is 4.74 Å². The van der Waals surface area contributed by atoms with Crippen molar-refractivity contribution in [1.82, 2.24) is 0 Å². The SMILES string of the molecule is O=c1c(-c2ccc(O)cc2O)coc2c(O[C@H]3O[C@@H](CO)[C@H](O)[C@@H](O)[C@@H]3O)c(O)cc(O)c12. The molecule has 2 aromatic carbocycles. The van der Waals surface area contributed by atoms with E-state index in [9.17, 15) is 45.6 Å². The summed E-state index contributed by atoms with van der Waals surface area (Å²) in [6, 6.07) is 4.26. The number of phenolic OH excluding ortho intramolecular Hbond substituents is 4. The van der Waals surface area contributed by atoms with E-state index in [1.165, 1.54) is 12.1 Å². The van der Waals surface area contributed by atoms with E-state index in [0.29, 0.717) is 0 Å². The molecular formula is C21H20O12. The lowest BCUT2D eigenvalue weighted by molar-refractivity contribution is -0.277. The number of aliphatic hydroxyl groups excluding tert-OH is 4. The molecule has 3 aromatic rings. The monoisotopic (exact) mass is 464 g/mol. The maximum absolute atomic E-state index is 13.1. The molecule has 2 heterocycles.